The van der Waals surface area contributed by atoms with Gasteiger partial charge in [-0.15, -0.1) is 0 Å². The first kappa shape index (κ1) is 13.5. The molecular formula is C13H17ClN2O2S. The van der Waals surface area contributed by atoms with E-state index in [0.29, 0.717) is 5.82 Å². The van der Waals surface area contributed by atoms with Crippen LogP contribution < -0.4 is 5.56 Å². The highest BCUT2D eigenvalue weighted by molar-refractivity contribution is 7.99. The molecule has 19 heavy (non-hydrogen) atoms. The van der Waals surface area contributed by atoms with Crippen LogP contribution in [0.1, 0.15) is 31.1 Å². The lowest BCUT2D eigenvalue weighted by molar-refractivity contribution is -0.0770. The zero-order valence-corrected chi connectivity index (χ0v) is 12.5. The summed E-state index contributed by atoms with van der Waals surface area (Å²) in [6.07, 6.45) is 2.86. The molecule has 0 saturated carbocycles. The Labute approximate surface area is 121 Å². The molecule has 1 spiro atoms. The highest BCUT2D eigenvalue weighted by atomic mass is 35.5. The van der Waals surface area contributed by atoms with Crippen molar-refractivity contribution in [3.63, 3.8) is 0 Å². The molecule has 1 aromatic heterocycles. The summed E-state index contributed by atoms with van der Waals surface area (Å²) in [6, 6.07) is 1.59. The molecule has 6 heteroatoms. The van der Waals surface area contributed by atoms with Crippen LogP contribution in [-0.4, -0.2) is 33.3 Å². The van der Waals surface area contributed by atoms with Gasteiger partial charge in [0, 0.05) is 24.5 Å². The van der Waals surface area contributed by atoms with E-state index in [1.54, 1.807) is 4.57 Å². The smallest absolute Gasteiger partial charge is 0.255 e. The second-order valence-electron chi connectivity index (χ2n) is 5.32. The van der Waals surface area contributed by atoms with Crippen molar-refractivity contribution >= 4 is 23.4 Å². The van der Waals surface area contributed by atoms with Crippen LogP contribution in [0.3, 0.4) is 0 Å². The summed E-state index contributed by atoms with van der Waals surface area (Å²) in [5, 5.41) is 0.275. The van der Waals surface area contributed by atoms with Crippen LogP contribution in [-0.2, 0) is 4.74 Å². The van der Waals surface area contributed by atoms with Crippen molar-refractivity contribution in [2.24, 2.45) is 0 Å². The number of hydrogen-bond acceptors (Lipinski definition) is 4. The summed E-state index contributed by atoms with van der Waals surface area (Å²) in [5.41, 5.74) is -0.0794. The third-order valence-electron chi connectivity index (χ3n) is 4.00. The molecule has 0 amide bonds. The fraction of sp³-hybridized carbons (Fsp3) is 0.692. The Morgan fingerprint density at radius 3 is 3.16 bits per heavy atom. The molecule has 2 atom stereocenters. The summed E-state index contributed by atoms with van der Waals surface area (Å²) in [5.74, 6) is 2.89. The maximum atomic E-state index is 12.2. The first-order valence-corrected chi connectivity index (χ1v) is 8.10. The molecule has 3 rings (SSSR count). The van der Waals surface area contributed by atoms with Crippen LogP contribution >= 0.6 is 23.4 Å². The molecule has 0 aromatic carbocycles. The van der Waals surface area contributed by atoms with Crippen molar-refractivity contribution in [1.29, 1.82) is 0 Å². The Morgan fingerprint density at radius 1 is 1.63 bits per heavy atom. The first-order chi connectivity index (χ1) is 9.10. The average molecular weight is 301 g/mol. The lowest BCUT2D eigenvalue weighted by atomic mass is 9.89. The number of aryl methyl sites for hydroxylation is 1. The minimum absolute atomic E-state index is 0.0287. The molecule has 1 aromatic rings. The zero-order chi connectivity index (χ0) is 13.5. The molecule has 0 aliphatic carbocycles. The minimum Gasteiger partial charge on any atom is -0.374 e. The number of halogens is 1. The van der Waals surface area contributed by atoms with E-state index in [0.717, 1.165) is 37.4 Å². The third kappa shape index (κ3) is 2.56. The van der Waals surface area contributed by atoms with E-state index in [9.17, 15) is 4.79 Å². The van der Waals surface area contributed by atoms with E-state index in [-0.39, 0.29) is 22.4 Å². The number of nitrogens with zero attached hydrogens (tertiary/aromatic N) is 2. The molecule has 2 fully saturated rings. The van der Waals surface area contributed by atoms with Gasteiger partial charge in [0.25, 0.3) is 5.56 Å². The Balaban J connectivity index is 1.92. The van der Waals surface area contributed by atoms with Crippen LogP contribution in [0.25, 0.3) is 0 Å². The monoisotopic (exact) mass is 300 g/mol. The molecular weight excluding hydrogens is 284 g/mol. The van der Waals surface area contributed by atoms with E-state index in [4.69, 9.17) is 16.3 Å². The molecule has 104 valence electrons. The van der Waals surface area contributed by atoms with Gasteiger partial charge in [-0.3, -0.25) is 9.36 Å². The van der Waals surface area contributed by atoms with Crippen LogP contribution in [0.5, 0.6) is 0 Å². The average Bonchev–Trinajstić information content (AvgIpc) is 2.76. The van der Waals surface area contributed by atoms with Crippen LogP contribution in [0.4, 0.5) is 0 Å². The highest BCUT2D eigenvalue weighted by Gasteiger charge is 2.41. The van der Waals surface area contributed by atoms with Crippen molar-refractivity contribution in [3.05, 3.63) is 27.4 Å². The van der Waals surface area contributed by atoms with Gasteiger partial charge in [0.15, 0.2) is 0 Å². The van der Waals surface area contributed by atoms with E-state index in [1.807, 2.05) is 18.7 Å². The van der Waals surface area contributed by atoms with Crippen LogP contribution in [0.2, 0.25) is 5.15 Å². The van der Waals surface area contributed by atoms with E-state index < -0.39 is 0 Å². The number of rotatable bonds is 1. The maximum absolute atomic E-state index is 12.2. The molecule has 2 aliphatic heterocycles. The van der Waals surface area contributed by atoms with Gasteiger partial charge in [-0.25, -0.2) is 4.98 Å². The normalized spacial score (nSPS) is 30.9. The first-order valence-electron chi connectivity index (χ1n) is 6.57. The molecule has 2 unspecified atom stereocenters. The van der Waals surface area contributed by atoms with Gasteiger partial charge in [0.2, 0.25) is 0 Å². The predicted molar refractivity (Wildman–Crippen MR) is 77.1 cm³/mol. The van der Waals surface area contributed by atoms with Crippen molar-refractivity contribution in [3.8, 4) is 0 Å². The summed E-state index contributed by atoms with van der Waals surface area (Å²) in [6.45, 7) is 2.57. The maximum Gasteiger partial charge on any atom is 0.255 e. The molecule has 0 bridgehead atoms. The van der Waals surface area contributed by atoms with Gasteiger partial charge in [0.05, 0.1) is 5.60 Å². The Bertz CT molecular complexity index is 540. The number of hydrogen-bond donors (Lipinski definition) is 0. The van der Waals surface area contributed by atoms with Crippen LogP contribution in [0.15, 0.2) is 10.9 Å². The molecule has 4 nitrogen and oxygen atoms in total. The van der Waals surface area contributed by atoms with E-state index in [1.165, 1.54) is 6.07 Å². The van der Waals surface area contributed by atoms with Crippen molar-refractivity contribution in [1.82, 2.24) is 9.55 Å². The lowest BCUT2D eigenvalue weighted by Crippen LogP contribution is -2.43. The van der Waals surface area contributed by atoms with Gasteiger partial charge >= 0.3 is 0 Å². The summed E-state index contributed by atoms with van der Waals surface area (Å²) >= 11 is 7.77. The van der Waals surface area contributed by atoms with Gasteiger partial charge in [-0.05, 0) is 31.9 Å². The summed E-state index contributed by atoms with van der Waals surface area (Å²) in [4.78, 5) is 16.4. The summed E-state index contributed by atoms with van der Waals surface area (Å²) in [7, 11) is 0. The van der Waals surface area contributed by atoms with E-state index in [2.05, 4.69) is 4.98 Å². The van der Waals surface area contributed by atoms with Gasteiger partial charge in [0.1, 0.15) is 11.0 Å². The fourth-order valence-corrected chi connectivity index (χ4v) is 4.70. The third-order valence-corrected chi connectivity index (χ3v) is 5.41. The summed E-state index contributed by atoms with van der Waals surface area (Å²) < 4.78 is 7.79. The number of ether oxygens (including phenoxy) is 1. The van der Waals surface area contributed by atoms with Gasteiger partial charge < -0.3 is 4.74 Å². The SMILES string of the molecule is Cc1nc(Cl)cc(=O)n1C1CCOC2(CCSC2)C1. The van der Waals surface area contributed by atoms with Crippen molar-refractivity contribution in [2.75, 3.05) is 18.1 Å². The zero-order valence-electron chi connectivity index (χ0n) is 10.9. The standard InChI is InChI=1S/C13H17ClN2O2S/c1-9-15-11(14)6-12(17)16(9)10-2-4-18-13(7-10)3-5-19-8-13/h6,10H,2-5,7-8H2,1H3. The topological polar surface area (TPSA) is 44.1 Å². The van der Waals surface area contributed by atoms with E-state index >= 15 is 0 Å². The highest BCUT2D eigenvalue weighted by Crippen LogP contribution is 2.41. The second-order valence-corrected chi connectivity index (χ2v) is 6.81. The quantitative estimate of drug-likeness (QED) is 0.747. The molecule has 2 aliphatic rings. The molecule has 0 radical (unpaired) electrons. The lowest BCUT2D eigenvalue weighted by Gasteiger charge is -2.38. The number of aromatic nitrogens is 2. The largest absolute Gasteiger partial charge is 0.374 e. The predicted octanol–water partition coefficient (Wildman–Crippen LogP) is 2.43. The minimum atomic E-state index is -0.0507. The molecule has 2 saturated heterocycles. The number of thioether (sulfide) groups is 1. The second kappa shape index (κ2) is 5.11. The Hall–Kier alpha value is -0.520. The van der Waals surface area contributed by atoms with Gasteiger partial charge in [-0.1, -0.05) is 11.6 Å². The fourth-order valence-electron chi connectivity index (χ4n) is 3.10. The Kier molecular flexibility index (Phi) is 3.62. The van der Waals surface area contributed by atoms with Crippen LogP contribution in [0, 0.1) is 6.92 Å². The Morgan fingerprint density at radius 2 is 2.47 bits per heavy atom. The van der Waals surface area contributed by atoms with Crippen molar-refractivity contribution in [2.45, 2.75) is 37.8 Å². The molecule has 3 heterocycles. The van der Waals surface area contributed by atoms with Crippen molar-refractivity contribution < 1.29 is 4.74 Å². The molecule has 0 N–H and O–H groups in total. The van der Waals surface area contributed by atoms with Gasteiger partial charge in [-0.2, -0.15) is 11.8 Å².